The summed E-state index contributed by atoms with van der Waals surface area (Å²) in [7, 11) is 0. The molecule has 8 heteroatoms. The van der Waals surface area contributed by atoms with Gasteiger partial charge >= 0.3 is 11.9 Å². The molecule has 0 N–H and O–H groups in total. The van der Waals surface area contributed by atoms with Gasteiger partial charge in [-0.25, -0.2) is 9.59 Å². The van der Waals surface area contributed by atoms with Crippen molar-refractivity contribution in [2.24, 2.45) is 0 Å². The van der Waals surface area contributed by atoms with Gasteiger partial charge in [-0.15, -0.1) is 0 Å². The van der Waals surface area contributed by atoms with Crippen LogP contribution in [0.5, 0.6) is 5.75 Å². The molecule has 0 spiro atoms. The van der Waals surface area contributed by atoms with Gasteiger partial charge in [0.2, 0.25) is 0 Å². The van der Waals surface area contributed by atoms with E-state index in [1.54, 1.807) is 0 Å². The van der Waals surface area contributed by atoms with E-state index >= 15 is 0 Å². The van der Waals surface area contributed by atoms with E-state index in [-0.39, 0.29) is 42.8 Å². The Morgan fingerprint density at radius 2 is 1.44 bits per heavy atom. The molecular weight excluding hydrogens is 332 g/mol. The number of carbonyl (C=O) groups excluding carboxylic acids is 2. The summed E-state index contributed by atoms with van der Waals surface area (Å²) in [5.74, 6) is -0.739. The van der Waals surface area contributed by atoms with E-state index in [0.29, 0.717) is 32.0 Å². The summed E-state index contributed by atoms with van der Waals surface area (Å²) >= 11 is 0. The summed E-state index contributed by atoms with van der Waals surface area (Å²) in [6.45, 7) is 2.57. The summed E-state index contributed by atoms with van der Waals surface area (Å²) in [4.78, 5) is 24.3. The van der Waals surface area contributed by atoms with Gasteiger partial charge in [0.05, 0.1) is 25.4 Å². The summed E-state index contributed by atoms with van der Waals surface area (Å²) < 4.78 is 31.1. The van der Waals surface area contributed by atoms with Crippen LogP contribution < -0.4 is 4.74 Å². The number of benzene rings is 1. The third kappa shape index (κ3) is 4.68. The molecule has 0 saturated carbocycles. The van der Waals surface area contributed by atoms with Gasteiger partial charge in [-0.05, 0) is 18.2 Å². The van der Waals surface area contributed by atoms with Crippen LogP contribution in [0.25, 0.3) is 0 Å². The van der Waals surface area contributed by atoms with E-state index < -0.39 is 11.9 Å². The maximum atomic E-state index is 12.2. The lowest BCUT2D eigenvalue weighted by Gasteiger charge is -2.12. The van der Waals surface area contributed by atoms with Crippen molar-refractivity contribution in [2.75, 3.05) is 39.6 Å². The number of ether oxygens (including phenoxy) is 6. The Kier molecular flexibility index (Phi) is 4.56. The van der Waals surface area contributed by atoms with Gasteiger partial charge in [0.15, 0.2) is 0 Å². The highest BCUT2D eigenvalue weighted by atomic mass is 16.6. The molecule has 4 rings (SSSR count). The minimum atomic E-state index is -0.520. The zero-order valence-corrected chi connectivity index (χ0v) is 13.5. The molecule has 0 aromatic heterocycles. The standard InChI is InChI=1S/C17H18O8/c18-16(24-8-12-5-21-12)10-1-2-14(17(19)25-9-13-6-22-13)15(3-10)23-7-11-4-20-11/h1-3,11-13H,4-9H2. The van der Waals surface area contributed by atoms with Crippen molar-refractivity contribution in [2.45, 2.75) is 18.3 Å². The first-order valence-corrected chi connectivity index (χ1v) is 8.15. The monoisotopic (exact) mass is 350 g/mol. The van der Waals surface area contributed by atoms with Gasteiger partial charge < -0.3 is 28.4 Å². The Hall–Kier alpha value is -2.16. The predicted molar refractivity (Wildman–Crippen MR) is 81.7 cm³/mol. The van der Waals surface area contributed by atoms with Crippen molar-refractivity contribution in [3.05, 3.63) is 29.3 Å². The molecule has 134 valence electrons. The number of carbonyl (C=O) groups is 2. The van der Waals surface area contributed by atoms with Crippen LogP contribution in [0.4, 0.5) is 0 Å². The van der Waals surface area contributed by atoms with E-state index in [1.807, 2.05) is 0 Å². The minimum absolute atomic E-state index is 0.00872. The molecule has 1 aromatic rings. The smallest absolute Gasteiger partial charge is 0.342 e. The molecule has 0 radical (unpaired) electrons. The lowest BCUT2D eigenvalue weighted by atomic mass is 10.1. The molecule has 0 aliphatic carbocycles. The molecule has 0 bridgehead atoms. The Morgan fingerprint density at radius 3 is 2.04 bits per heavy atom. The fourth-order valence-electron chi connectivity index (χ4n) is 2.11. The van der Waals surface area contributed by atoms with Crippen molar-refractivity contribution in [3.8, 4) is 5.75 Å². The SMILES string of the molecule is O=C(OCC1CO1)c1ccc(C(=O)OCC2CO2)c(OCC2CO2)c1. The first-order valence-electron chi connectivity index (χ1n) is 8.15. The van der Waals surface area contributed by atoms with E-state index in [4.69, 9.17) is 28.4 Å². The molecule has 1 aromatic carbocycles. The van der Waals surface area contributed by atoms with Crippen molar-refractivity contribution in [3.63, 3.8) is 0 Å². The molecule has 3 unspecified atom stereocenters. The lowest BCUT2D eigenvalue weighted by Crippen LogP contribution is -2.15. The first kappa shape index (κ1) is 16.3. The second kappa shape index (κ2) is 6.99. The second-order valence-electron chi connectivity index (χ2n) is 6.08. The molecule has 3 fully saturated rings. The Balaban J connectivity index is 1.44. The van der Waals surface area contributed by atoms with Gasteiger partial charge in [0.25, 0.3) is 0 Å². The number of rotatable bonds is 9. The Morgan fingerprint density at radius 1 is 0.880 bits per heavy atom. The molecular formula is C17H18O8. The lowest BCUT2D eigenvalue weighted by molar-refractivity contribution is 0.0459. The number of hydrogen-bond donors (Lipinski definition) is 0. The van der Waals surface area contributed by atoms with Crippen LogP contribution in [0.15, 0.2) is 18.2 Å². The Labute approximate surface area is 143 Å². The topological polar surface area (TPSA) is 99.4 Å². The fraction of sp³-hybridized carbons (Fsp3) is 0.529. The maximum absolute atomic E-state index is 12.2. The molecule has 3 atom stereocenters. The molecule has 3 aliphatic rings. The predicted octanol–water partition coefficient (Wildman–Crippen LogP) is 0.575. The highest BCUT2D eigenvalue weighted by molar-refractivity contribution is 5.96. The zero-order chi connectivity index (χ0) is 17.2. The van der Waals surface area contributed by atoms with Crippen molar-refractivity contribution in [1.29, 1.82) is 0 Å². The van der Waals surface area contributed by atoms with Crippen molar-refractivity contribution in [1.82, 2.24) is 0 Å². The second-order valence-corrected chi connectivity index (χ2v) is 6.08. The van der Waals surface area contributed by atoms with E-state index in [2.05, 4.69) is 0 Å². The average Bonchev–Trinajstić information content (AvgIpc) is 3.49. The number of epoxide rings is 3. The summed E-state index contributed by atoms with van der Waals surface area (Å²) in [5.41, 5.74) is 0.554. The van der Waals surface area contributed by atoms with Gasteiger partial charge in [-0.3, -0.25) is 0 Å². The molecule has 3 saturated heterocycles. The molecule has 25 heavy (non-hydrogen) atoms. The van der Waals surface area contributed by atoms with Crippen LogP contribution in [-0.4, -0.2) is 69.9 Å². The number of hydrogen-bond acceptors (Lipinski definition) is 8. The van der Waals surface area contributed by atoms with E-state index in [9.17, 15) is 9.59 Å². The first-order chi connectivity index (χ1) is 12.2. The van der Waals surface area contributed by atoms with Crippen molar-refractivity contribution >= 4 is 11.9 Å². The van der Waals surface area contributed by atoms with Crippen LogP contribution in [0, 0.1) is 0 Å². The molecule has 8 nitrogen and oxygen atoms in total. The van der Waals surface area contributed by atoms with Crippen LogP contribution in [-0.2, 0) is 23.7 Å². The molecule has 3 heterocycles. The normalized spacial score (nSPS) is 25.8. The van der Waals surface area contributed by atoms with E-state index in [1.165, 1.54) is 18.2 Å². The van der Waals surface area contributed by atoms with Gasteiger partial charge in [-0.2, -0.15) is 0 Å². The average molecular weight is 350 g/mol. The van der Waals surface area contributed by atoms with Gasteiger partial charge in [-0.1, -0.05) is 0 Å². The fourth-order valence-corrected chi connectivity index (χ4v) is 2.11. The van der Waals surface area contributed by atoms with Crippen LogP contribution in [0.1, 0.15) is 20.7 Å². The Bertz CT molecular complexity index is 661. The zero-order valence-electron chi connectivity index (χ0n) is 13.5. The van der Waals surface area contributed by atoms with Crippen molar-refractivity contribution < 1.29 is 38.0 Å². The highest BCUT2D eigenvalue weighted by Gasteiger charge is 2.28. The summed E-state index contributed by atoms with van der Waals surface area (Å²) in [6.07, 6.45) is -0.0102. The third-order valence-corrected chi connectivity index (χ3v) is 3.87. The van der Waals surface area contributed by atoms with E-state index in [0.717, 1.165) is 0 Å². The quantitative estimate of drug-likeness (QED) is 0.471. The summed E-state index contributed by atoms with van der Waals surface area (Å²) in [6, 6.07) is 4.51. The van der Waals surface area contributed by atoms with Gasteiger partial charge in [0, 0.05) is 0 Å². The summed E-state index contributed by atoms with van der Waals surface area (Å²) in [5, 5.41) is 0. The number of esters is 2. The third-order valence-electron chi connectivity index (χ3n) is 3.87. The van der Waals surface area contributed by atoms with Gasteiger partial charge in [0.1, 0.15) is 49.4 Å². The largest absolute Gasteiger partial charge is 0.490 e. The molecule has 0 amide bonds. The van der Waals surface area contributed by atoms with Crippen LogP contribution in [0.2, 0.25) is 0 Å². The molecule has 3 aliphatic heterocycles. The van der Waals surface area contributed by atoms with Crippen LogP contribution >= 0.6 is 0 Å². The maximum Gasteiger partial charge on any atom is 0.342 e. The van der Waals surface area contributed by atoms with Crippen LogP contribution in [0.3, 0.4) is 0 Å². The minimum Gasteiger partial charge on any atom is -0.490 e. The highest BCUT2D eigenvalue weighted by Crippen LogP contribution is 2.25.